The predicted octanol–water partition coefficient (Wildman–Crippen LogP) is 2.74. The number of amides is 1. The van der Waals surface area contributed by atoms with Crippen molar-refractivity contribution in [2.45, 2.75) is 45.1 Å². The summed E-state index contributed by atoms with van der Waals surface area (Å²) in [5.41, 5.74) is 7.64. The van der Waals surface area contributed by atoms with Crippen molar-refractivity contribution in [3.63, 3.8) is 0 Å². The summed E-state index contributed by atoms with van der Waals surface area (Å²) < 4.78 is 0. The number of nitrogens with zero attached hydrogens (tertiary/aromatic N) is 1. The van der Waals surface area contributed by atoms with Gasteiger partial charge in [-0.05, 0) is 63.0 Å². The Bertz CT molecular complexity index is 441. The van der Waals surface area contributed by atoms with E-state index in [1.807, 2.05) is 12.1 Å². The van der Waals surface area contributed by atoms with Crippen molar-refractivity contribution >= 4 is 11.6 Å². The molecule has 1 amide bonds. The lowest BCUT2D eigenvalue weighted by atomic mass is 10.1. The maximum Gasteiger partial charge on any atom is 0.224 e. The van der Waals surface area contributed by atoms with Crippen LogP contribution in [0.2, 0.25) is 0 Å². The number of carbonyl (C=O) groups excluding carboxylic acids is 1. The van der Waals surface area contributed by atoms with Crippen LogP contribution in [0, 0.1) is 0 Å². The third-order valence-electron chi connectivity index (χ3n) is 3.92. The Kier molecular flexibility index (Phi) is 6.70. The molecule has 0 aromatic heterocycles. The summed E-state index contributed by atoms with van der Waals surface area (Å²) in [6.07, 6.45) is 6.13. The van der Waals surface area contributed by atoms with Crippen LogP contribution >= 0.6 is 0 Å². The standard InChI is InChI=1S/C17H27N3O/c18-10-3-1-2-9-17(21)19-16-8-6-7-15(13-16)14-20-11-4-5-12-20/h6-8,13H,1-5,9-12,14,18H2,(H,19,21). The highest BCUT2D eigenvalue weighted by Gasteiger charge is 2.12. The fourth-order valence-electron chi connectivity index (χ4n) is 2.78. The Morgan fingerprint density at radius 1 is 1.19 bits per heavy atom. The highest BCUT2D eigenvalue weighted by molar-refractivity contribution is 5.90. The van der Waals surface area contributed by atoms with Gasteiger partial charge >= 0.3 is 0 Å². The maximum atomic E-state index is 11.9. The van der Waals surface area contributed by atoms with E-state index in [0.717, 1.165) is 31.5 Å². The van der Waals surface area contributed by atoms with Crippen molar-refractivity contribution in [3.05, 3.63) is 29.8 Å². The van der Waals surface area contributed by atoms with E-state index in [1.165, 1.54) is 31.5 Å². The van der Waals surface area contributed by atoms with Crippen LogP contribution in [-0.4, -0.2) is 30.4 Å². The first-order valence-electron chi connectivity index (χ1n) is 8.09. The minimum absolute atomic E-state index is 0.102. The molecular formula is C17H27N3O. The van der Waals surface area contributed by atoms with Gasteiger partial charge in [0.2, 0.25) is 5.91 Å². The summed E-state index contributed by atoms with van der Waals surface area (Å²) in [4.78, 5) is 14.3. The highest BCUT2D eigenvalue weighted by Crippen LogP contribution is 2.16. The molecule has 4 nitrogen and oxygen atoms in total. The van der Waals surface area contributed by atoms with Crippen molar-refractivity contribution < 1.29 is 4.79 Å². The van der Waals surface area contributed by atoms with Gasteiger partial charge in [0, 0.05) is 18.7 Å². The fourth-order valence-corrected chi connectivity index (χ4v) is 2.78. The molecule has 116 valence electrons. The van der Waals surface area contributed by atoms with Crippen molar-refractivity contribution in [3.8, 4) is 0 Å². The zero-order chi connectivity index (χ0) is 14.9. The first-order valence-corrected chi connectivity index (χ1v) is 8.09. The average Bonchev–Trinajstić information content (AvgIpc) is 2.97. The van der Waals surface area contributed by atoms with Gasteiger partial charge < -0.3 is 11.1 Å². The van der Waals surface area contributed by atoms with Crippen LogP contribution in [-0.2, 0) is 11.3 Å². The van der Waals surface area contributed by atoms with E-state index in [1.54, 1.807) is 0 Å². The first kappa shape index (κ1) is 16.0. The molecule has 2 rings (SSSR count). The molecule has 0 bridgehead atoms. The van der Waals surface area contributed by atoms with E-state index < -0.39 is 0 Å². The monoisotopic (exact) mass is 289 g/mol. The number of nitrogens with two attached hydrogens (primary N) is 1. The number of hydrogen-bond donors (Lipinski definition) is 2. The van der Waals surface area contributed by atoms with Crippen molar-refractivity contribution in [1.82, 2.24) is 4.90 Å². The summed E-state index contributed by atoms with van der Waals surface area (Å²) in [6, 6.07) is 8.21. The molecule has 21 heavy (non-hydrogen) atoms. The third kappa shape index (κ3) is 5.86. The predicted molar refractivity (Wildman–Crippen MR) is 87.1 cm³/mol. The number of hydrogen-bond acceptors (Lipinski definition) is 3. The second-order valence-electron chi connectivity index (χ2n) is 5.83. The molecule has 1 aliphatic heterocycles. The van der Waals surface area contributed by atoms with Gasteiger partial charge in [0.1, 0.15) is 0 Å². The normalized spacial score (nSPS) is 15.3. The summed E-state index contributed by atoms with van der Waals surface area (Å²) >= 11 is 0. The lowest BCUT2D eigenvalue weighted by Gasteiger charge is -2.15. The fraction of sp³-hybridized carbons (Fsp3) is 0.588. The number of carbonyl (C=O) groups is 1. The van der Waals surface area contributed by atoms with Gasteiger partial charge in [-0.15, -0.1) is 0 Å². The van der Waals surface area contributed by atoms with Gasteiger partial charge in [0.15, 0.2) is 0 Å². The molecule has 1 heterocycles. The van der Waals surface area contributed by atoms with Crippen LogP contribution in [0.3, 0.4) is 0 Å². The van der Waals surface area contributed by atoms with Crippen molar-refractivity contribution in [2.24, 2.45) is 5.73 Å². The Morgan fingerprint density at radius 3 is 2.76 bits per heavy atom. The number of anilines is 1. The van der Waals surface area contributed by atoms with Crippen molar-refractivity contribution in [2.75, 3.05) is 25.0 Å². The van der Waals surface area contributed by atoms with Crippen LogP contribution in [0.25, 0.3) is 0 Å². The highest BCUT2D eigenvalue weighted by atomic mass is 16.1. The molecule has 3 N–H and O–H groups in total. The van der Waals surface area contributed by atoms with E-state index in [-0.39, 0.29) is 5.91 Å². The van der Waals surface area contributed by atoms with E-state index in [4.69, 9.17) is 5.73 Å². The second-order valence-corrected chi connectivity index (χ2v) is 5.83. The van der Waals surface area contributed by atoms with Crippen molar-refractivity contribution in [1.29, 1.82) is 0 Å². The summed E-state index contributed by atoms with van der Waals surface area (Å²) in [5.74, 6) is 0.102. The van der Waals surface area contributed by atoms with E-state index in [9.17, 15) is 4.79 Å². The largest absolute Gasteiger partial charge is 0.330 e. The van der Waals surface area contributed by atoms with Crippen LogP contribution < -0.4 is 11.1 Å². The van der Waals surface area contributed by atoms with Gasteiger partial charge in [0.05, 0.1) is 0 Å². The summed E-state index contributed by atoms with van der Waals surface area (Å²) in [7, 11) is 0. The Morgan fingerprint density at radius 2 is 2.00 bits per heavy atom. The SMILES string of the molecule is NCCCCCC(=O)Nc1cccc(CN2CCCC2)c1. The summed E-state index contributed by atoms with van der Waals surface area (Å²) in [6.45, 7) is 4.08. The van der Waals surface area contributed by atoms with E-state index >= 15 is 0 Å². The lowest BCUT2D eigenvalue weighted by Crippen LogP contribution is -2.18. The van der Waals surface area contributed by atoms with Crippen LogP contribution in [0.4, 0.5) is 5.69 Å². The molecule has 1 saturated heterocycles. The number of unbranched alkanes of at least 4 members (excludes halogenated alkanes) is 2. The molecule has 0 spiro atoms. The quantitative estimate of drug-likeness (QED) is 0.723. The molecule has 0 saturated carbocycles. The van der Waals surface area contributed by atoms with Crippen LogP contribution in [0.5, 0.6) is 0 Å². The van der Waals surface area contributed by atoms with Gasteiger partial charge in [-0.1, -0.05) is 18.6 Å². The van der Waals surface area contributed by atoms with E-state index in [2.05, 4.69) is 22.3 Å². The smallest absolute Gasteiger partial charge is 0.224 e. The zero-order valence-corrected chi connectivity index (χ0v) is 12.8. The first-order chi connectivity index (χ1) is 10.3. The molecule has 1 fully saturated rings. The molecule has 4 heteroatoms. The van der Waals surface area contributed by atoms with Gasteiger partial charge in [-0.3, -0.25) is 9.69 Å². The second kappa shape index (κ2) is 8.80. The van der Waals surface area contributed by atoms with Crippen LogP contribution in [0.15, 0.2) is 24.3 Å². The Balaban J connectivity index is 1.78. The van der Waals surface area contributed by atoms with E-state index in [0.29, 0.717) is 13.0 Å². The number of nitrogens with one attached hydrogen (secondary N) is 1. The number of likely N-dealkylation sites (tertiary alicyclic amines) is 1. The average molecular weight is 289 g/mol. The lowest BCUT2D eigenvalue weighted by molar-refractivity contribution is -0.116. The third-order valence-corrected chi connectivity index (χ3v) is 3.92. The molecular weight excluding hydrogens is 262 g/mol. The topological polar surface area (TPSA) is 58.4 Å². The molecule has 1 aromatic carbocycles. The van der Waals surface area contributed by atoms with Gasteiger partial charge in [-0.2, -0.15) is 0 Å². The molecule has 0 unspecified atom stereocenters. The summed E-state index contributed by atoms with van der Waals surface area (Å²) in [5, 5.41) is 3.00. The minimum atomic E-state index is 0.102. The molecule has 0 aliphatic carbocycles. The van der Waals surface area contributed by atoms with Gasteiger partial charge in [-0.25, -0.2) is 0 Å². The molecule has 1 aliphatic rings. The van der Waals surface area contributed by atoms with Crippen LogP contribution in [0.1, 0.15) is 44.1 Å². The number of rotatable bonds is 8. The Hall–Kier alpha value is -1.39. The maximum absolute atomic E-state index is 11.9. The zero-order valence-electron chi connectivity index (χ0n) is 12.8. The molecule has 1 aromatic rings. The Labute approximate surface area is 127 Å². The minimum Gasteiger partial charge on any atom is -0.330 e. The number of benzene rings is 1. The van der Waals surface area contributed by atoms with Gasteiger partial charge in [0.25, 0.3) is 0 Å². The molecule has 0 atom stereocenters. The molecule has 0 radical (unpaired) electrons.